The second kappa shape index (κ2) is 43.8. The van der Waals surface area contributed by atoms with Crippen molar-refractivity contribution in [2.75, 3.05) is 6.61 Å². The fourth-order valence-corrected chi connectivity index (χ4v) is 7.60. The molecule has 4 N–H and O–H groups in total. The van der Waals surface area contributed by atoms with Gasteiger partial charge in [-0.1, -0.05) is 257 Å². The lowest BCUT2D eigenvalue weighted by Gasteiger charge is -2.21. The smallest absolute Gasteiger partial charge is 0.249 e. The van der Waals surface area contributed by atoms with Gasteiger partial charge in [-0.2, -0.15) is 0 Å². The number of aliphatic hydroxyl groups is 3. The van der Waals surface area contributed by atoms with Crippen LogP contribution in [-0.2, 0) is 4.79 Å². The van der Waals surface area contributed by atoms with E-state index < -0.39 is 24.2 Å². The van der Waals surface area contributed by atoms with E-state index in [0.717, 1.165) is 32.1 Å². The second-order valence-corrected chi connectivity index (χ2v) is 16.7. The zero-order chi connectivity index (χ0) is 38.7. The van der Waals surface area contributed by atoms with Crippen LogP contribution in [0.15, 0.2) is 12.2 Å². The summed E-state index contributed by atoms with van der Waals surface area (Å²) in [5, 5.41) is 33.2. The van der Waals surface area contributed by atoms with Gasteiger partial charge in [0.25, 0.3) is 0 Å². The number of allylic oxidation sites excluding steroid dienone is 1. The Morgan fingerprint density at radius 3 is 1.04 bits per heavy atom. The Bertz CT molecular complexity index is 743. The summed E-state index contributed by atoms with van der Waals surface area (Å²) in [5.41, 5.74) is 0. The summed E-state index contributed by atoms with van der Waals surface area (Å²) in [6.45, 7) is 4.21. The molecule has 0 spiro atoms. The van der Waals surface area contributed by atoms with Crippen molar-refractivity contribution < 1.29 is 20.1 Å². The van der Waals surface area contributed by atoms with E-state index in [4.69, 9.17) is 0 Å². The second-order valence-electron chi connectivity index (χ2n) is 16.7. The van der Waals surface area contributed by atoms with Crippen LogP contribution < -0.4 is 5.32 Å². The van der Waals surface area contributed by atoms with Crippen molar-refractivity contribution in [3.63, 3.8) is 0 Å². The number of rotatable bonds is 44. The number of hydrogen-bond acceptors (Lipinski definition) is 4. The fraction of sp³-hybridized carbons (Fsp3) is 0.938. The van der Waals surface area contributed by atoms with Gasteiger partial charge in [0, 0.05) is 0 Å². The molecule has 316 valence electrons. The molecule has 0 aliphatic heterocycles. The predicted octanol–water partition coefficient (Wildman–Crippen LogP) is 14.0. The monoisotopic (exact) mass is 750 g/mol. The fourth-order valence-electron chi connectivity index (χ4n) is 7.60. The van der Waals surface area contributed by atoms with Crippen LogP contribution in [0.25, 0.3) is 0 Å². The average Bonchev–Trinajstić information content (AvgIpc) is 3.16. The van der Waals surface area contributed by atoms with Crippen LogP contribution in [0.1, 0.15) is 264 Å². The van der Waals surface area contributed by atoms with Crippen molar-refractivity contribution in [3.8, 4) is 0 Å². The number of nitrogens with one attached hydrogen (secondary N) is 1. The molecule has 5 nitrogen and oxygen atoms in total. The van der Waals surface area contributed by atoms with Crippen LogP contribution >= 0.6 is 0 Å². The van der Waals surface area contributed by atoms with Gasteiger partial charge in [-0.25, -0.2) is 0 Å². The van der Waals surface area contributed by atoms with Crippen molar-refractivity contribution in [1.82, 2.24) is 5.32 Å². The minimum absolute atomic E-state index is 0.359. The third-order valence-electron chi connectivity index (χ3n) is 11.4. The highest BCUT2D eigenvalue weighted by molar-refractivity contribution is 5.80. The van der Waals surface area contributed by atoms with Gasteiger partial charge in [0.1, 0.15) is 6.10 Å². The highest BCUT2D eigenvalue weighted by atomic mass is 16.3. The topological polar surface area (TPSA) is 89.8 Å². The van der Waals surface area contributed by atoms with Gasteiger partial charge >= 0.3 is 0 Å². The van der Waals surface area contributed by atoms with Gasteiger partial charge in [0.05, 0.1) is 18.8 Å². The zero-order valence-corrected chi connectivity index (χ0v) is 35.9. The molecule has 0 saturated heterocycles. The van der Waals surface area contributed by atoms with Crippen LogP contribution in [0, 0.1) is 0 Å². The summed E-state index contributed by atoms with van der Waals surface area (Å²) in [6, 6.07) is -0.793. The summed E-state index contributed by atoms with van der Waals surface area (Å²) < 4.78 is 0. The molecule has 3 unspecified atom stereocenters. The zero-order valence-electron chi connectivity index (χ0n) is 35.9. The van der Waals surface area contributed by atoms with Gasteiger partial charge in [-0.15, -0.1) is 0 Å². The third-order valence-corrected chi connectivity index (χ3v) is 11.4. The molecule has 0 bridgehead atoms. The predicted molar refractivity (Wildman–Crippen MR) is 232 cm³/mol. The quantitative estimate of drug-likeness (QED) is 0.0369. The van der Waals surface area contributed by atoms with Crippen molar-refractivity contribution in [1.29, 1.82) is 0 Å². The number of carbonyl (C=O) groups excluding carboxylic acids is 1. The van der Waals surface area contributed by atoms with Crippen molar-refractivity contribution in [2.24, 2.45) is 0 Å². The van der Waals surface area contributed by atoms with Crippen molar-refractivity contribution in [2.45, 2.75) is 283 Å². The van der Waals surface area contributed by atoms with Gasteiger partial charge in [0.2, 0.25) is 5.91 Å². The molecule has 0 saturated carbocycles. The first kappa shape index (κ1) is 52.1. The number of amides is 1. The lowest BCUT2D eigenvalue weighted by atomic mass is 10.0. The maximum Gasteiger partial charge on any atom is 0.249 e. The van der Waals surface area contributed by atoms with E-state index in [-0.39, 0.29) is 6.61 Å². The van der Waals surface area contributed by atoms with E-state index in [1.165, 1.54) is 212 Å². The Morgan fingerprint density at radius 1 is 0.453 bits per heavy atom. The first-order chi connectivity index (χ1) is 26.1. The molecule has 0 heterocycles. The Hall–Kier alpha value is -0.910. The van der Waals surface area contributed by atoms with Crippen LogP contribution in [0.4, 0.5) is 0 Å². The maximum absolute atomic E-state index is 12.5. The van der Waals surface area contributed by atoms with Crippen LogP contribution in [-0.4, -0.2) is 46.1 Å². The molecule has 0 aromatic carbocycles. The first-order valence-electron chi connectivity index (χ1n) is 24.0. The maximum atomic E-state index is 12.5. The number of unbranched alkanes of at least 4 members (excludes halogenated alkanes) is 36. The third kappa shape index (κ3) is 39.1. The van der Waals surface area contributed by atoms with Crippen LogP contribution in [0.2, 0.25) is 0 Å². The van der Waals surface area contributed by atoms with Gasteiger partial charge in [-0.05, 0) is 19.3 Å². The Labute approximate surface area is 331 Å². The van der Waals surface area contributed by atoms with Crippen LogP contribution in [0.5, 0.6) is 0 Å². The highest BCUT2D eigenvalue weighted by Gasteiger charge is 2.22. The van der Waals surface area contributed by atoms with Gasteiger partial charge in [0.15, 0.2) is 0 Å². The molecular formula is C48H95NO4. The van der Waals surface area contributed by atoms with E-state index in [9.17, 15) is 20.1 Å². The lowest BCUT2D eigenvalue weighted by molar-refractivity contribution is -0.131. The summed E-state index contributed by atoms with van der Waals surface area (Å²) in [7, 11) is 0. The summed E-state index contributed by atoms with van der Waals surface area (Å²) in [4.78, 5) is 12.5. The Balaban J connectivity index is 3.60. The Kier molecular flexibility index (Phi) is 43.1. The first-order valence-corrected chi connectivity index (χ1v) is 24.0. The Morgan fingerprint density at radius 2 is 0.736 bits per heavy atom. The minimum Gasteiger partial charge on any atom is -0.394 e. The van der Waals surface area contributed by atoms with Gasteiger partial charge in [-0.3, -0.25) is 4.79 Å². The van der Waals surface area contributed by atoms with E-state index in [0.29, 0.717) is 6.42 Å². The highest BCUT2D eigenvalue weighted by Crippen LogP contribution is 2.17. The molecule has 0 radical (unpaired) electrons. The number of aliphatic hydroxyl groups excluding tert-OH is 3. The summed E-state index contributed by atoms with van der Waals surface area (Å²) >= 11 is 0. The molecule has 0 fully saturated rings. The molecule has 53 heavy (non-hydrogen) atoms. The van der Waals surface area contributed by atoms with Crippen molar-refractivity contribution >= 4 is 5.91 Å². The van der Waals surface area contributed by atoms with Crippen LogP contribution in [0.3, 0.4) is 0 Å². The van der Waals surface area contributed by atoms with E-state index in [2.05, 4.69) is 19.2 Å². The van der Waals surface area contributed by atoms with E-state index in [1.807, 2.05) is 6.08 Å². The normalized spacial score (nSPS) is 13.5. The minimum atomic E-state index is -1.09. The molecule has 0 rings (SSSR count). The lowest BCUT2D eigenvalue weighted by Crippen LogP contribution is -2.48. The molecule has 0 aromatic heterocycles. The standard InChI is InChI=1S/C48H95NO4/c1-3-5-7-9-11-13-15-17-19-21-22-23-24-25-26-27-29-30-32-34-36-38-40-42-46(51)45(44-50)49-48(53)47(52)43-41-39-37-35-33-31-28-20-18-16-14-12-10-8-6-4-2/h40,42,45-47,50-52H,3-39,41,43-44H2,1-2H3,(H,49,53)/b42-40+. The number of hydrogen-bond donors (Lipinski definition) is 4. The summed E-state index contributed by atoms with van der Waals surface area (Å²) in [6.07, 6.45) is 52.6. The van der Waals surface area contributed by atoms with E-state index >= 15 is 0 Å². The number of carbonyl (C=O) groups is 1. The molecule has 0 aliphatic carbocycles. The average molecular weight is 750 g/mol. The largest absolute Gasteiger partial charge is 0.394 e. The SMILES string of the molecule is CCCCCCCCCCCCCCCCCCCCCCC/C=C/C(O)C(CO)NC(=O)C(O)CCCCCCCCCCCCCCCCCC. The molecule has 3 atom stereocenters. The molecule has 1 amide bonds. The molecular weight excluding hydrogens is 655 g/mol. The van der Waals surface area contributed by atoms with Crippen molar-refractivity contribution in [3.05, 3.63) is 12.2 Å². The summed E-state index contributed by atoms with van der Waals surface area (Å²) in [5.74, 6) is -0.498. The van der Waals surface area contributed by atoms with E-state index in [1.54, 1.807) is 6.08 Å². The van der Waals surface area contributed by atoms with Gasteiger partial charge < -0.3 is 20.6 Å². The molecule has 0 aromatic rings. The molecule has 5 heteroatoms. The molecule has 0 aliphatic rings.